The summed E-state index contributed by atoms with van der Waals surface area (Å²) in [6.07, 6.45) is 3.50. The van der Waals surface area contributed by atoms with Crippen LogP contribution < -0.4 is 9.62 Å². The highest BCUT2D eigenvalue weighted by Crippen LogP contribution is 2.39. The minimum absolute atomic E-state index is 0.0239. The number of aryl methyl sites for hydroxylation is 2. The van der Waals surface area contributed by atoms with Gasteiger partial charge in [0.2, 0.25) is 5.91 Å². The Morgan fingerprint density at radius 2 is 1.76 bits per heavy atom. The second-order valence-electron chi connectivity index (χ2n) is 8.61. The van der Waals surface area contributed by atoms with Crippen LogP contribution in [0.15, 0.2) is 47.4 Å². The summed E-state index contributed by atoms with van der Waals surface area (Å²) in [5, 5.41) is 3.56. The zero-order valence-electron chi connectivity index (χ0n) is 20.3. The third-order valence-corrected chi connectivity index (χ3v) is 9.73. The molecule has 0 spiro atoms. The Bertz CT molecular complexity index is 1440. The van der Waals surface area contributed by atoms with E-state index in [1.165, 1.54) is 41.7 Å². The number of rotatable bonds is 8. The number of halogens is 2. The number of carbonyl (C=O) groups excluding carboxylic acids is 2. The van der Waals surface area contributed by atoms with Gasteiger partial charge in [-0.2, -0.15) is 0 Å². The molecule has 0 unspecified atom stereocenters. The Hall–Kier alpha value is -2.59. The van der Waals surface area contributed by atoms with Gasteiger partial charge in [0.15, 0.2) is 0 Å². The van der Waals surface area contributed by atoms with Crippen LogP contribution in [0.4, 0.5) is 10.7 Å². The number of sulfonamides is 1. The Morgan fingerprint density at radius 3 is 2.43 bits per heavy atom. The van der Waals surface area contributed by atoms with Gasteiger partial charge < -0.3 is 10.1 Å². The number of anilines is 2. The number of ether oxygens (including phenoxy) is 1. The summed E-state index contributed by atoms with van der Waals surface area (Å²) in [5.41, 5.74) is 2.34. The van der Waals surface area contributed by atoms with Gasteiger partial charge in [0.1, 0.15) is 11.5 Å². The van der Waals surface area contributed by atoms with Crippen molar-refractivity contribution in [3.63, 3.8) is 0 Å². The minimum Gasteiger partial charge on any atom is -0.462 e. The zero-order valence-corrected chi connectivity index (χ0v) is 23.5. The van der Waals surface area contributed by atoms with Gasteiger partial charge in [0.25, 0.3) is 10.0 Å². The SMILES string of the molecule is CCOC(=O)c1c(NC(=O)CN(c2ccc(Cl)c(Cl)c2)S(=O)(=O)c2ccc(C)cc2)sc2c1CCCC2. The molecule has 0 fully saturated rings. The Kier molecular flexibility index (Phi) is 8.48. The number of fused-ring (bicyclic) bond motifs is 1. The molecule has 0 saturated heterocycles. The van der Waals surface area contributed by atoms with Crippen LogP contribution in [0.25, 0.3) is 0 Å². The molecule has 4 rings (SSSR count). The van der Waals surface area contributed by atoms with E-state index >= 15 is 0 Å². The van der Waals surface area contributed by atoms with E-state index in [0.717, 1.165) is 46.0 Å². The number of benzene rings is 2. The van der Waals surface area contributed by atoms with E-state index in [0.29, 0.717) is 10.6 Å². The van der Waals surface area contributed by atoms with Gasteiger partial charge in [0.05, 0.1) is 32.8 Å². The van der Waals surface area contributed by atoms with Crippen molar-refractivity contribution in [1.29, 1.82) is 0 Å². The highest BCUT2D eigenvalue weighted by Gasteiger charge is 2.30. The second kappa shape index (κ2) is 11.4. The second-order valence-corrected chi connectivity index (χ2v) is 12.4. The first-order valence-electron chi connectivity index (χ1n) is 11.8. The molecular formula is C26H26Cl2N2O5S2. The van der Waals surface area contributed by atoms with Gasteiger partial charge in [-0.15, -0.1) is 11.3 Å². The van der Waals surface area contributed by atoms with Crippen LogP contribution in [0, 0.1) is 6.92 Å². The normalized spacial score (nSPS) is 13.1. The molecule has 7 nitrogen and oxygen atoms in total. The maximum atomic E-state index is 13.6. The first kappa shape index (κ1) is 27.4. The lowest BCUT2D eigenvalue weighted by molar-refractivity contribution is -0.114. The molecule has 1 heterocycles. The molecule has 2 aromatic carbocycles. The molecule has 37 heavy (non-hydrogen) atoms. The number of hydrogen-bond acceptors (Lipinski definition) is 6. The van der Waals surface area contributed by atoms with Gasteiger partial charge in [-0.05, 0) is 75.4 Å². The van der Waals surface area contributed by atoms with E-state index in [2.05, 4.69) is 5.32 Å². The van der Waals surface area contributed by atoms with Gasteiger partial charge in [-0.3, -0.25) is 9.10 Å². The summed E-state index contributed by atoms with van der Waals surface area (Å²) >= 11 is 13.6. The van der Waals surface area contributed by atoms with E-state index in [1.54, 1.807) is 19.1 Å². The zero-order chi connectivity index (χ0) is 26.7. The molecule has 196 valence electrons. The molecule has 0 bridgehead atoms. The summed E-state index contributed by atoms with van der Waals surface area (Å²) in [6, 6.07) is 10.7. The largest absolute Gasteiger partial charge is 0.462 e. The van der Waals surface area contributed by atoms with Crippen molar-refractivity contribution in [3.8, 4) is 0 Å². The first-order chi connectivity index (χ1) is 17.6. The number of thiophene rings is 1. The fraction of sp³-hybridized carbons (Fsp3) is 0.308. The van der Waals surface area contributed by atoms with Crippen LogP contribution in [0.3, 0.4) is 0 Å². The third kappa shape index (κ3) is 5.95. The number of nitrogens with zero attached hydrogens (tertiary/aromatic N) is 1. The van der Waals surface area contributed by atoms with Crippen molar-refractivity contribution in [1.82, 2.24) is 0 Å². The highest BCUT2D eigenvalue weighted by molar-refractivity contribution is 7.92. The first-order valence-corrected chi connectivity index (χ1v) is 14.8. The minimum atomic E-state index is -4.14. The van der Waals surface area contributed by atoms with Crippen molar-refractivity contribution in [2.45, 2.75) is 44.4 Å². The number of hydrogen-bond donors (Lipinski definition) is 1. The molecule has 1 aromatic heterocycles. The number of carbonyl (C=O) groups is 2. The fourth-order valence-corrected chi connectivity index (χ4v) is 7.16. The Morgan fingerprint density at radius 1 is 1.05 bits per heavy atom. The molecule has 11 heteroatoms. The Labute approximate surface area is 230 Å². The average molecular weight is 582 g/mol. The fourth-order valence-electron chi connectivity index (χ4n) is 4.16. The summed E-state index contributed by atoms with van der Waals surface area (Å²) in [4.78, 5) is 27.1. The van der Waals surface area contributed by atoms with Crippen molar-refractivity contribution in [2.24, 2.45) is 0 Å². The molecule has 0 atom stereocenters. The Balaban J connectivity index is 1.69. The van der Waals surface area contributed by atoms with E-state index in [9.17, 15) is 18.0 Å². The predicted molar refractivity (Wildman–Crippen MR) is 148 cm³/mol. The van der Waals surface area contributed by atoms with Crippen molar-refractivity contribution < 1.29 is 22.7 Å². The maximum absolute atomic E-state index is 13.6. The molecule has 0 radical (unpaired) electrons. The van der Waals surface area contributed by atoms with Crippen LogP contribution in [0.5, 0.6) is 0 Å². The van der Waals surface area contributed by atoms with Gasteiger partial charge >= 0.3 is 5.97 Å². The maximum Gasteiger partial charge on any atom is 0.341 e. The molecular weight excluding hydrogens is 555 g/mol. The highest BCUT2D eigenvalue weighted by atomic mass is 35.5. The molecule has 3 aromatic rings. The van der Waals surface area contributed by atoms with Crippen LogP contribution in [0.2, 0.25) is 10.0 Å². The van der Waals surface area contributed by atoms with E-state index in [4.69, 9.17) is 27.9 Å². The van der Waals surface area contributed by atoms with Gasteiger partial charge in [-0.25, -0.2) is 13.2 Å². The lowest BCUT2D eigenvalue weighted by atomic mass is 9.95. The standard InChI is InChI=1S/C26H26Cl2N2O5S2/c1-3-35-26(32)24-19-6-4-5-7-22(19)36-25(24)29-23(31)15-30(17-10-13-20(27)21(28)14-17)37(33,34)18-11-8-16(2)9-12-18/h8-14H,3-7,15H2,1-2H3,(H,29,31). The molecule has 1 aliphatic carbocycles. The predicted octanol–water partition coefficient (Wildman–Crippen LogP) is 6.25. The van der Waals surface area contributed by atoms with Crippen molar-refractivity contribution >= 4 is 67.1 Å². The molecule has 1 N–H and O–H groups in total. The lowest BCUT2D eigenvalue weighted by Crippen LogP contribution is -2.38. The average Bonchev–Trinajstić information content (AvgIpc) is 3.22. The topological polar surface area (TPSA) is 92.8 Å². The third-order valence-electron chi connectivity index (χ3n) is 5.99. The number of amides is 1. The smallest absolute Gasteiger partial charge is 0.341 e. The summed E-state index contributed by atoms with van der Waals surface area (Å²) in [5.74, 6) is -1.10. The summed E-state index contributed by atoms with van der Waals surface area (Å²) < 4.78 is 33.5. The van der Waals surface area contributed by atoms with Gasteiger partial charge in [0, 0.05) is 4.88 Å². The van der Waals surface area contributed by atoms with Crippen LogP contribution in [-0.4, -0.2) is 33.4 Å². The molecule has 1 amide bonds. The van der Waals surface area contributed by atoms with E-state index < -0.39 is 28.4 Å². The molecule has 1 aliphatic rings. The lowest BCUT2D eigenvalue weighted by Gasteiger charge is -2.24. The monoisotopic (exact) mass is 580 g/mol. The summed E-state index contributed by atoms with van der Waals surface area (Å²) in [6.45, 7) is 3.23. The van der Waals surface area contributed by atoms with Gasteiger partial charge in [-0.1, -0.05) is 40.9 Å². The summed E-state index contributed by atoms with van der Waals surface area (Å²) in [7, 11) is -4.14. The number of esters is 1. The van der Waals surface area contributed by atoms with Crippen LogP contribution >= 0.6 is 34.5 Å². The quantitative estimate of drug-likeness (QED) is 0.318. The van der Waals surface area contributed by atoms with Crippen molar-refractivity contribution in [3.05, 3.63) is 74.1 Å². The van der Waals surface area contributed by atoms with E-state index in [1.807, 2.05) is 6.92 Å². The number of nitrogens with one attached hydrogen (secondary N) is 1. The molecule has 0 aliphatic heterocycles. The van der Waals surface area contributed by atoms with Crippen LogP contribution in [0.1, 0.15) is 46.1 Å². The van der Waals surface area contributed by atoms with E-state index in [-0.39, 0.29) is 27.2 Å². The molecule has 0 saturated carbocycles. The van der Waals surface area contributed by atoms with Crippen molar-refractivity contribution in [2.75, 3.05) is 22.8 Å². The van der Waals surface area contributed by atoms with Crippen LogP contribution in [-0.2, 0) is 32.4 Å².